The number of ether oxygens (including phenoxy) is 3. The zero-order chi connectivity index (χ0) is 24.8. The van der Waals surface area contributed by atoms with E-state index in [4.69, 9.17) is 14.2 Å². The lowest BCUT2D eigenvalue weighted by molar-refractivity contribution is -0.116. The van der Waals surface area contributed by atoms with Crippen molar-refractivity contribution in [2.45, 2.75) is 19.9 Å². The number of aliphatic hydroxyl groups excluding tert-OH is 1. The van der Waals surface area contributed by atoms with Crippen molar-refractivity contribution in [1.82, 2.24) is 9.55 Å². The highest BCUT2D eigenvalue weighted by atomic mass is 19.1. The Morgan fingerprint density at radius 1 is 1.09 bits per heavy atom. The van der Waals surface area contributed by atoms with E-state index in [2.05, 4.69) is 10.3 Å². The summed E-state index contributed by atoms with van der Waals surface area (Å²) in [6.07, 6.45) is 0.0931. The Morgan fingerprint density at radius 2 is 1.71 bits per heavy atom. The first kappa shape index (κ1) is 24.7. The summed E-state index contributed by atoms with van der Waals surface area (Å²) in [6, 6.07) is 8.59. The molecule has 0 aliphatic rings. The lowest BCUT2D eigenvalue weighted by atomic mass is 10.1. The highest BCUT2D eigenvalue weighted by molar-refractivity contribution is 5.91. The molecule has 0 bridgehead atoms. The van der Waals surface area contributed by atoms with Gasteiger partial charge in [-0.15, -0.1) is 0 Å². The largest absolute Gasteiger partial charge is 0.493 e. The second-order valence-electron chi connectivity index (χ2n) is 7.33. The van der Waals surface area contributed by atoms with Crippen LogP contribution in [0.4, 0.5) is 10.1 Å². The Bertz CT molecular complexity index is 1220. The van der Waals surface area contributed by atoms with Gasteiger partial charge in [0.15, 0.2) is 11.5 Å². The molecule has 1 aromatic heterocycles. The first-order valence-corrected chi connectivity index (χ1v) is 10.4. The number of hydrogen-bond donors (Lipinski definition) is 2. The van der Waals surface area contributed by atoms with Crippen LogP contribution in [0.25, 0.3) is 11.4 Å². The molecule has 3 rings (SSSR count). The van der Waals surface area contributed by atoms with Crippen molar-refractivity contribution >= 4 is 11.6 Å². The average molecular weight is 471 g/mol. The van der Waals surface area contributed by atoms with Crippen LogP contribution in [0, 0.1) is 12.7 Å². The van der Waals surface area contributed by atoms with Gasteiger partial charge in [-0.1, -0.05) is 0 Å². The number of amides is 1. The Balaban J connectivity index is 2.01. The molecule has 0 atom stereocenters. The van der Waals surface area contributed by atoms with Crippen molar-refractivity contribution in [3.63, 3.8) is 0 Å². The van der Waals surface area contributed by atoms with E-state index in [0.29, 0.717) is 39.8 Å². The van der Waals surface area contributed by atoms with E-state index in [0.717, 1.165) is 0 Å². The van der Waals surface area contributed by atoms with Gasteiger partial charge in [-0.2, -0.15) is 0 Å². The molecule has 0 radical (unpaired) electrons. The van der Waals surface area contributed by atoms with Crippen LogP contribution in [0.2, 0.25) is 0 Å². The maximum atomic E-state index is 13.4. The Hall–Kier alpha value is -3.92. The van der Waals surface area contributed by atoms with Crippen LogP contribution in [0.3, 0.4) is 0 Å². The molecule has 180 valence electrons. The minimum Gasteiger partial charge on any atom is -0.493 e. The highest BCUT2D eigenvalue weighted by Gasteiger charge is 2.19. The van der Waals surface area contributed by atoms with E-state index >= 15 is 0 Å². The first-order valence-electron chi connectivity index (χ1n) is 10.4. The fourth-order valence-electron chi connectivity index (χ4n) is 3.56. The molecule has 9 nitrogen and oxygen atoms in total. The summed E-state index contributed by atoms with van der Waals surface area (Å²) in [5.74, 6) is 0.331. The van der Waals surface area contributed by atoms with Crippen LogP contribution < -0.4 is 25.1 Å². The zero-order valence-corrected chi connectivity index (χ0v) is 19.3. The van der Waals surface area contributed by atoms with Crippen molar-refractivity contribution in [1.29, 1.82) is 0 Å². The van der Waals surface area contributed by atoms with Gasteiger partial charge in [0.25, 0.3) is 5.56 Å². The molecule has 0 saturated heterocycles. The van der Waals surface area contributed by atoms with Crippen molar-refractivity contribution in [3.05, 3.63) is 63.8 Å². The molecule has 0 aliphatic carbocycles. The summed E-state index contributed by atoms with van der Waals surface area (Å²) >= 11 is 0. The number of benzene rings is 2. The summed E-state index contributed by atoms with van der Waals surface area (Å²) in [7, 11) is 4.38. The minimum absolute atomic E-state index is 0.0931. The number of carbonyl (C=O) groups is 1. The van der Waals surface area contributed by atoms with Gasteiger partial charge in [0.1, 0.15) is 18.2 Å². The number of aromatic nitrogens is 2. The lowest BCUT2D eigenvalue weighted by Gasteiger charge is -2.17. The maximum absolute atomic E-state index is 13.4. The van der Waals surface area contributed by atoms with E-state index < -0.39 is 17.3 Å². The number of methoxy groups -OCH3 is 3. The number of nitrogens with zero attached hydrogens (tertiary/aromatic N) is 2. The third kappa shape index (κ3) is 5.18. The maximum Gasteiger partial charge on any atom is 0.257 e. The second-order valence-corrected chi connectivity index (χ2v) is 7.33. The molecule has 2 aromatic carbocycles. The van der Waals surface area contributed by atoms with Gasteiger partial charge in [0.05, 0.1) is 21.3 Å². The summed E-state index contributed by atoms with van der Waals surface area (Å²) in [5, 5.41) is 12.1. The lowest BCUT2D eigenvalue weighted by Crippen LogP contribution is -2.33. The Kier molecular flexibility index (Phi) is 7.85. The van der Waals surface area contributed by atoms with E-state index in [1.807, 2.05) is 0 Å². The minimum atomic E-state index is -0.514. The number of nitrogens with one attached hydrogen (secondary N) is 1. The smallest absolute Gasteiger partial charge is 0.257 e. The molecule has 0 saturated carbocycles. The molecule has 3 aromatic rings. The molecule has 0 aliphatic heterocycles. The second kappa shape index (κ2) is 10.8. The van der Waals surface area contributed by atoms with E-state index in [1.54, 1.807) is 19.1 Å². The fraction of sp³-hybridized carbons (Fsp3) is 0.292. The summed E-state index contributed by atoms with van der Waals surface area (Å²) in [6.45, 7) is 1.04. The quantitative estimate of drug-likeness (QED) is 0.493. The van der Waals surface area contributed by atoms with Crippen molar-refractivity contribution in [3.8, 4) is 28.6 Å². The average Bonchev–Trinajstić information content (AvgIpc) is 2.83. The van der Waals surface area contributed by atoms with E-state index in [-0.39, 0.29) is 25.4 Å². The fourth-order valence-corrected chi connectivity index (χ4v) is 3.56. The first-order chi connectivity index (χ1) is 16.3. The van der Waals surface area contributed by atoms with Gasteiger partial charge in [-0.25, -0.2) is 9.37 Å². The molecule has 0 unspecified atom stereocenters. The molecular weight excluding hydrogens is 445 g/mol. The van der Waals surface area contributed by atoms with Gasteiger partial charge in [0, 0.05) is 47.7 Å². The number of halogens is 1. The number of carbonyl (C=O) groups excluding carboxylic acids is 1. The Labute approximate surface area is 195 Å². The normalized spacial score (nSPS) is 10.6. The molecule has 0 spiro atoms. The predicted molar refractivity (Wildman–Crippen MR) is 124 cm³/mol. The summed E-state index contributed by atoms with van der Waals surface area (Å²) in [4.78, 5) is 30.7. The van der Waals surface area contributed by atoms with Crippen LogP contribution in [-0.2, 0) is 17.8 Å². The summed E-state index contributed by atoms with van der Waals surface area (Å²) < 4.78 is 30.5. The molecule has 0 fully saturated rings. The third-order valence-electron chi connectivity index (χ3n) is 5.18. The van der Waals surface area contributed by atoms with Gasteiger partial charge in [0.2, 0.25) is 11.7 Å². The number of anilines is 1. The van der Waals surface area contributed by atoms with Crippen LogP contribution in [-0.4, -0.2) is 48.5 Å². The molecule has 1 heterocycles. The molecule has 2 N–H and O–H groups in total. The van der Waals surface area contributed by atoms with E-state index in [1.165, 1.54) is 50.2 Å². The molecular formula is C24H26FN3O6. The number of aliphatic hydroxyl groups is 1. The van der Waals surface area contributed by atoms with Crippen molar-refractivity contribution < 1.29 is 28.5 Å². The number of hydrogen-bond acceptors (Lipinski definition) is 7. The van der Waals surface area contributed by atoms with E-state index in [9.17, 15) is 19.1 Å². The SMILES string of the molecule is COc1cc(NC(=O)Cn2c(-c3ccc(F)cc3)nc(C)c(CCO)c2=O)cc(OC)c1OC. The monoisotopic (exact) mass is 471 g/mol. The van der Waals surface area contributed by atoms with Crippen LogP contribution in [0.15, 0.2) is 41.2 Å². The van der Waals surface area contributed by atoms with Crippen LogP contribution in [0.5, 0.6) is 17.2 Å². The van der Waals surface area contributed by atoms with Gasteiger partial charge in [-0.3, -0.25) is 14.2 Å². The Morgan fingerprint density at radius 3 is 2.24 bits per heavy atom. The van der Waals surface area contributed by atoms with Gasteiger partial charge < -0.3 is 24.6 Å². The molecule has 34 heavy (non-hydrogen) atoms. The summed E-state index contributed by atoms with van der Waals surface area (Å²) in [5.41, 5.74) is 1.11. The zero-order valence-electron chi connectivity index (χ0n) is 19.3. The number of rotatable bonds is 9. The van der Waals surface area contributed by atoms with Gasteiger partial charge in [-0.05, 0) is 31.2 Å². The molecule has 10 heteroatoms. The highest BCUT2D eigenvalue weighted by Crippen LogP contribution is 2.39. The van der Waals surface area contributed by atoms with Crippen LogP contribution in [0.1, 0.15) is 11.3 Å². The molecule has 1 amide bonds. The van der Waals surface area contributed by atoms with Crippen molar-refractivity contribution in [2.24, 2.45) is 0 Å². The van der Waals surface area contributed by atoms with Crippen LogP contribution >= 0.6 is 0 Å². The van der Waals surface area contributed by atoms with Crippen molar-refractivity contribution in [2.75, 3.05) is 33.3 Å². The van der Waals surface area contributed by atoms with Gasteiger partial charge >= 0.3 is 0 Å². The third-order valence-corrected chi connectivity index (χ3v) is 5.18. The predicted octanol–water partition coefficient (Wildman–Crippen LogP) is 2.56. The topological polar surface area (TPSA) is 112 Å². The standard InChI is InChI=1S/C24H26FN3O6/c1-14-18(9-10-29)24(31)28(23(26-14)15-5-7-16(25)8-6-15)13-21(30)27-17-11-19(32-2)22(34-4)20(12-17)33-3/h5-8,11-12,29H,9-10,13H2,1-4H3,(H,27,30). The number of aryl methyl sites for hydroxylation is 1.